The van der Waals surface area contributed by atoms with Crippen LogP contribution in [-0.4, -0.2) is 58.8 Å². The van der Waals surface area contributed by atoms with Crippen LogP contribution in [0.15, 0.2) is 24.5 Å². The van der Waals surface area contributed by atoms with Gasteiger partial charge in [0.15, 0.2) is 0 Å². The molecule has 1 aliphatic rings. The van der Waals surface area contributed by atoms with Crippen LogP contribution in [0.3, 0.4) is 0 Å². The minimum absolute atomic E-state index is 0.193. The quantitative estimate of drug-likeness (QED) is 0.931. The Labute approximate surface area is 129 Å². The van der Waals surface area contributed by atoms with Crippen molar-refractivity contribution in [3.8, 4) is 0 Å². The molecule has 0 radical (unpaired) electrons. The number of nitrogens with zero attached hydrogens (tertiary/aromatic N) is 4. The Bertz CT molecular complexity index is 639. The highest BCUT2D eigenvalue weighted by Gasteiger charge is 2.24. The van der Waals surface area contributed by atoms with Crippen molar-refractivity contribution in [3.63, 3.8) is 0 Å². The topological polar surface area (TPSA) is 52.5 Å². The summed E-state index contributed by atoms with van der Waals surface area (Å²) in [5.41, 5.74) is 0.760. The molecule has 0 unspecified atom stereocenters. The van der Waals surface area contributed by atoms with Crippen molar-refractivity contribution < 1.29 is 9.50 Å². The van der Waals surface area contributed by atoms with E-state index in [4.69, 9.17) is 0 Å². The standard InChI is InChI=1S/C16H21FN4O/c1-2-13(10-22)20-5-7-21(8-6-20)16-14-9-12(17)3-4-15(14)18-11-19-16/h3-4,9,11,13,22H,2,5-8,10H2,1H3/t13-/m1/s1. The van der Waals surface area contributed by atoms with Gasteiger partial charge in [-0.3, -0.25) is 4.90 Å². The van der Waals surface area contributed by atoms with Gasteiger partial charge in [-0.25, -0.2) is 14.4 Å². The van der Waals surface area contributed by atoms with Crippen LogP contribution in [0.4, 0.5) is 10.2 Å². The van der Waals surface area contributed by atoms with E-state index in [2.05, 4.69) is 26.7 Å². The molecule has 0 saturated carbocycles. The molecule has 22 heavy (non-hydrogen) atoms. The molecule has 1 atom stereocenters. The van der Waals surface area contributed by atoms with E-state index in [1.165, 1.54) is 18.5 Å². The van der Waals surface area contributed by atoms with Crippen molar-refractivity contribution in [2.75, 3.05) is 37.7 Å². The number of aliphatic hydroxyl groups excluding tert-OH is 1. The summed E-state index contributed by atoms with van der Waals surface area (Å²) in [7, 11) is 0. The lowest BCUT2D eigenvalue weighted by molar-refractivity contribution is 0.114. The van der Waals surface area contributed by atoms with Crippen LogP contribution in [0.1, 0.15) is 13.3 Å². The largest absolute Gasteiger partial charge is 0.395 e. The summed E-state index contributed by atoms with van der Waals surface area (Å²) in [6.45, 7) is 5.67. The van der Waals surface area contributed by atoms with Crippen molar-refractivity contribution in [1.82, 2.24) is 14.9 Å². The zero-order valence-electron chi connectivity index (χ0n) is 12.7. The zero-order valence-corrected chi connectivity index (χ0v) is 12.7. The number of halogens is 1. The van der Waals surface area contributed by atoms with Gasteiger partial charge in [0.2, 0.25) is 0 Å². The number of aliphatic hydroxyl groups is 1. The van der Waals surface area contributed by atoms with Crippen LogP contribution in [0.5, 0.6) is 0 Å². The summed E-state index contributed by atoms with van der Waals surface area (Å²) in [5, 5.41) is 10.2. The van der Waals surface area contributed by atoms with E-state index in [1.54, 1.807) is 6.07 Å². The first kappa shape index (κ1) is 15.1. The van der Waals surface area contributed by atoms with Gasteiger partial charge in [-0.1, -0.05) is 6.92 Å². The third-order valence-corrected chi connectivity index (χ3v) is 4.39. The van der Waals surface area contributed by atoms with Gasteiger partial charge in [0.25, 0.3) is 0 Å². The van der Waals surface area contributed by atoms with E-state index in [9.17, 15) is 9.50 Å². The second-order valence-corrected chi connectivity index (χ2v) is 5.63. The summed E-state index contributed by atoms with van der Waals surface area (Å²) in [5.74, 6) is 0.523. The third-order valence-electron chi connectivity index (χ3n) is 4.39. The Morgan fingerprint density at radius 1 is 1.23 bits per heavy atom. The Kier molecular flexibility index (Phi) is 4.49. The van der Waals surface area contributed by atoms with Crippen LogP contribution in [-0.2, 0) is 0 Å². The summed E-state index contributed by atoms with van der Waals surface area (Å²) in [4.78, 5) is 13.0. The van der Waals surface area contributed by atoms with Gasteiger partial charge >= 0.3 is 0 Å². The normalized spacial score (nSPS) is 17.9. The van der Waals surface area contributed by atoms with E-state index in [0.717, 1.165) is 49.3 Å². The molecule has 1 saturated heterocycles. The summed E-state index contributed by atoms with van der Waals surface area (Å²) < 4.78 is 13.5. The fourth-order valence-corrected chi connectivity index (χ4v) is 3.07. The van der Waals surface area contributed by atoms with E-state index < -0.39 is 0 Å². The second kappa shape index (κ2) is 6.54. The first-order valence-corrected chi connectivity index (χ1v) is 7.73. The van der Waals surface area contributed by atoms with Crippen molar-refractivity contribution in [1.29, 1.82) is 0 Å². The highest BCUT2D eigenvalue weighted by Crippen LogP contribution is 2.25. The highest BCUT2D eigenvalue weighted by atomic mass is 19.1. The number of piperazine rings is 1. The van der Waals surface area contributed by atoms with Gasteiger partial charge < -0.3 is 10.0 Å². The molecule has 1 aromatic heterocycles. The summed E-state index contributed by atoms with van der Waals surface area (Å²) in [6, 6.07) is 4.83. The predicted octanol–water partition coefficient (Wildman–Crippen LogP) is 1.66. The van der Waals surface area contributed by atoms with Gasteiger partial charge in [0.05, 0.1) is 12.1 Å². The SMILES string of the molecule is CC[C@H](CO)N1CCN(c2ncnc3ccc(F)cc23)CC1. The smallest absolute Gasteiger partial charge is 0.140 e. The third kappa shape index (κ3) is 2.89. The molecule has 6 heteroatoms. The molecule has 1 aromatic carbocycles. The van der Waals surface area contributed by atoms with Gasteiger partial charge in [0, 0.05) is 37.6 Å². The minimum Gasteiger partial charge on any atom is -0.395 e. The van der Waals surface area contributed by atoms with Crippen molar-refractivity contribution >= 4 is 16.7 Å². The van der Waals surface area contributed by atoms with E-state index in [0.29, 0.717) is 0 Å². The van der Waals surface area contributed by atoms with E-state index in [1.807, 2.05) is 0 Å². The molecule has 1 aliphatic heterocycles. The lowest BCUT2D eigenvalue weighted by Gasteiger charge is -2.39. The number of fused-ring (bicyclic) bond motifs is 1. The molecule has 1 N–H and O–H groups in total. The lowest BCUT2D eigenvalue weighted by atomic mass is 10.1. The molecule has 3 rings (SSSR count). The molecule has 0 amide bonds. The molecular weight excluding hydrogens is 283 g/mol. The number of hydrogen-bond acceptors (Lipinski definition) is 5. The number of rotatable bonds is 4. The summed E-state index contributed by atoms with van der Waals surface area (Å²) >= 11 is 0. The van der Waals surface area contributed by atoms with Crippen molar-refractivity contribution in [3.05, 3.63) is 30.3 Å². The van der Waals surface area contributed by atoms with Gasteiger partial charge in [-0.15, -0.1) is 0 Å². The Hall–Kier alpha value is -1.79. The molecule has 0 spiro atoms. The second-order valence-electron chi connectivity index (χ2n) is 5.63. The number of aromatic nitrogens is 2. The number of hydrogen-bond donors (Lipinski definition) is 1. The molecule has 0 bridgehead atoms. The van der Waals surface area contributed by atoms with E-state index in [-0.39, 0.29) is 18.5 Å². The van der Waals surface area contributed by atoms with E-state index >= 15 is 0 Å². The molecule has 5 nitrogen and oxygen atoms in total. The molecule has 0 aliphatic carbocycles. The molecule has 1 fully saturated rings. The Balaban J connectivity index is 1.80. The molecular formula is C16H21FN4O. The molecule has 2 aromatic rings. The molecule has 2 heterocycles. The number of anilines is 1. The minimum atomic E-state index is -0.270. The van der Waals surface area contributed by atoms with Crippen molar-refractivity contribution in [2.45, 2.75) is 19.4 Å². The van der Waals surface area contributed by atoms with Crippen LogP contribution >= 0.6 is 0 Å². The van der Waals surface area contributed by atoms with Gasteiger partial charge in [0.1, 0.15) is 18.0 Å². The highest BCUT2D eigenvalue weighted by molar-refractivity contribution is 5.89. The van der Waals surface area contributed by atoms with Gasteiger partial charge in [-0.2, -0.15) is 0 Å². The van der Waals surface area contributed by atoms with Crippen LogP contribution in [0, 0.1) is 5.82 Å². The average molecular weight is 304 g/mol. The predicted molar refractivity (Wildman–Crippen MR) is 84.4 cm³/mol. The van der Waals surface area contributed by atoms with Gasteiger partial charge in [-0.05, 0) is 24.6 Å². The van der Waals surface area contributed by atoms with Crippen LogP contribution in [0.2, 0.25) is 0 Å². The first-order valence-electron chi connectivity index (χ1n) is 7.73. The Morgan fingerprint density at radius 3 is 2.68 bits per heavy atom. The van der Waals surface area contributed by atoms with Crippen LogP contribution < -0.4 is 4.90 Å². The zero-order chi connectivity index (χ0) is 15.5. The Morgan fingerprint density at radius 2 is 2.00 bits per heavy atom. The maximum absolute atomic E-state index is 13.5. The van der Waals surface area contributed by atoms with Crippen LogP contribution in [0.25, 0.3) is 10.9 Å². The van der Waals surface area contributed by atoms with Crippen molar-refractivity contribution in [2.24, 2.45) is 0 Å². The molecule has 118 valence electrons. The summed E-state index contributed by atoms with van der Waals surface area (Å²) in [6.07, 6.45) is 2.47. The maximum Gasteiger partial charge on any atom is 0.140 e. The fraction of sp³-hybridized carbons (Fsp3) is 0.500. The average Bonchev–Trinajstić information content (AvgIpc) is 2.56. The first-order chi connectivity index (χ1) is 10.7. The monoisotopic (exact) mass is 304 g/mol. The fourth-order valence-electron chi connectivity index (χ4n) is 3.07. The lowest BCUT2D eigenvalue weighted by Crippen LogP contribution is -2.51. The number of benzene rings is 1. The maximum atomic E-state index is 13.5.